The van der Waals surface area contributed by atoms with Crippen LogP contribution in [0.15, 0.2) is 77.7 Å². The molecule has 0 radical (unpaired) electrons. The van der Waals surface area contributed by atoms with Gasteiger partial charge in [-0.05, 0) is 54.7 Å². The van der Waals surface area contributed by atoms with Crippen LogP contribution in [-0.4, -0.2) is 47.0 Å². The lowest BCUT2D eigenvalue weighted by Gasteiger charge is -2.25. The fourth-order valence-electron chi connectivity index (χ4n) is 4.08. The van der Waals surface area contributed by atoms with Crippen LogP contribution in [0.1, 0.15) is 57.1 Å². The van der Waals surface area contributed by atoms with Crippen LogP contribution >= 0.6 is 0 Å². The van der Waals surface area contributed by atoms with Crippen molar-refractivity contribution in [3.63, 3.8) is 0 Å². The maximum atomic E-state index is 13.7. The van der Waals surface area contributed by atoms with Crippen molar-refractivity contribution < 1.29 is 27.9 Å². The number of carbonyl (C=O) groups is 2. The van der Waals surface area contributed by atoms with E-state index in [1.165, 1.54) is 4.31 Å². The molecule has 40 heavy (non-hydrogen) atoms. The minimum absolute atomic E-state index is 0.0207. The number of carboxylic acid groups (broad SMARTS) is 1. The number of sulfonamides is 1. The molecular weight excluding hydrogens is 530 g/mol. The highest BCUT2D eigenvalue weighted by atomic mass is 32.2. The number of nitrogens with zero attached hydrogens (tertiary/aromatic N) is 2. The molecule has 2 aromatic carbocycles. The van der Waals surface area contributed by atoms with Gasteiger partial charge in [0.15, 0.2) is 0 Å². The van der Waals surface area contributed by atoms with E-state index < -0.39 is 34.2 Å². The SMILES string of the molecule is CC(C)(Cc1cccc(CN(Cc2ccc(C(C)(C)C)cc2)S(=O)(=O)c2ccccc2)n1)OC(=O)NCC(=O)O. The Labute approximate surface area is 236 Å². The van der Waals surface area contributed by atoms with Crippen molar-refractivity contribution in [1.29, 1.82) is 0 Å². The fraction of sp³-hybridized carbons (Fsp3) is 0.367. The van der Waals surface area contributed by atoms with E-state index in [9.17, 15) is 18.0 Å². The largest absolute Gasteiger partial charge is 0.480 e. The summed E-state index contributed by atoms with van der Waals surface area (Å²) in [6.07, 6.45) is -0.609. The van der Waals surface area contributed by atoms with E-state index in [-0.39, 0.29) is 29.8 Å². The summed E-state index contributed by atoms with van der Waals surface area (Å²) < 4.78 is 34.2. The van der Waals surface area contributed by atoms with Gasteiger partial charge in [-0.2, -0.15) is 4.31 Å². The third kappa shape index (κ3) is 8.89. The van der Waals surface area contributed by atoms with Crippen molar-refractivity contribution in [2.75, 3.05) is 6.54 Å². The molecule has 214 valence electrons. The molecule has 1 aromatic heterocycles. The van der Waals surface area contributed by atoms with E-state index in [2.05, 4.69) is 31.1 Å². The first kappa shape index (κ1) is 30.8. The van der Waals surface area contributed by atoms with Crippen LogP contribution in [0.2, 0.25) is 0 Å². The minimum atomic E-state index is -3.85. The predicted molar refractivity (Wildman–Crippen MR) is 152 cm³/mol. The molecule has 0 spiro atoms. The molecule has 0 aliphatic heterocycles. The van der Waals surface area contributed by atoms with Crippen molar-refractivity contribution >= 4 is 22.1 Å². The molecule has 0 atom stereocenters. The Morgan fingerprint density at radius 2 is 1.50 bits per heavy atom. The number of ether oxygens (including phenoxy) is 1. The smallest absolute Gasteiger partial charge is 0.408 e. The molecular formula is C30H37N3O6S. The average molecular weight is 568 g/mol. The van der Waals surface area contributed by atoms with Crippen LogP contribution in [-0.2, 0) is 44.5 Å². The number of alkyl carbamates (subject to hydrolysis) is 1. The zero-order valence-electron chi connectivity index (χ0n) is 23.5. The van der Waals surface area contributed by atoms with E-state index >= 15 is 0 Å². The number of carboxylic acids is 1. The number of aromatic nitrogens is 1. The van der Waals surface area contributed by atoms with Gasteiger partial charge in [0.05, 0.1) is 17.1 Å². The monoisotopic (exact) mass is 567 g/mol. The number of rotatable bonds is 11. The summed E-state index contributed by atoms with van der Waals surface area (Å²) in [5, 5.41) is 10.9. The Balaban J connectivity index is 1.84. The zero-order valence-corrected chi connectivity index (χ0v) is 24.4. The fourth-order valence-corrected chi connectivity index (χ4v) is 5.51. The van der Waals surface area contributed by atoms with E-state index in [1.54, 1.807) is 62.4 Å². The molecule has 1 amide bonds. The molecule has 0 saturated heterocycles. The molecule has 0 unspecified atom stereocenters. The Bertz CT molecular complexity index is 1420. The van der Waals surface area contributed by atoms with Gasteiger partial charge in [0.25, 0.3) is 0 Å². The summed E-state index contributed by atoms with van der Waals surface area (Å²) >= 11 is 0. The summed E-state index contributed by atoms with van der Waals surface area (Å²) in [6.45, 7) is 9.40. The standard InChI is InChI=1S/C30H37N3O6S/c1-29(2,3)23-16-14-22(15-17-23)20-33(40(37,38)26-12-7-6-8-13-26)21-25-11-9-10-24(32-25)18-30(4,5)39-28(36)31-19-27(34)35/h6-17H,18-21H2,1-5H3,(H,31,36)(H,34,35). The van der Waals surface area contributed by atoms with Crippen LogP contribution in [0.5, 0.6) is 0 Å². The highest BCUT2D eigenvalue weighted by Crippen LogP contribution is 2.25. The normalized spacial score (nSPS) is 12.2. The van der Waals surface area contributed by atoms with Crippen LogP contribution in [0, 0.1) is 0 Å². The van der Waals surface area contributed by atoms with Crippen LogP contribution in [0.25, 0.3) is 0 Å². The minimum Gasteiger partial charge on any atom is -0.480 e. The molecule has 9 nitrogen and oxygen atoms in total. The van der Waals surface area contributed by atoms with Gasteiger partial charge in [0.1, 0.15) is 12.1 Å². The third-order valence-corrected chi connectivity index (χ3v) is 7.93. The lowest BCUT2D eigenvalue weighted by molar-refractivity contribution is -0.136. The maximum Gasteiger partial charge on any atom is 0.408 e. The number of amides is 1. The van der Waals surface area contributed by atoms with Gasteiger partial charge >= 0.3 is 12.1 Å². The zero-order chi connectivity index (χ0) is 29.6. The quantitative estimate of drug-likeness (QED) is 0.337. The number of hydrogen-bond acceptors (Lipinski definition) is 6. The number of pyridine rings is 1. The van der Waals surface area contributed by atoms with Gasteiger partial charge in [-0.25, -0.2) is 13.2 Å². The van der Waals surface area contributed by atoms with Crippen LogP contribution in [0.4, 0.5) is 4.79 Å². The van der Waals surface area contributed by atoms with Crippen molar-refractivity contribution in [1.82, 2.24) is 14.6 Å². The average Bonchev–Trinajstić information content (AvgIpc) is 2.87. The van der Waals surface area contributed by atoms with E-state index in [4.69, 9.17) is 9.84 Å². The van der Waals surface area contributed by atoms with Crippen molar-refractivity contribution in [3.05, 3.63) is 95.3 Å². The number of benzene rings is 2. The first-order valence-corrected chi connectivity index (χ1v) is 14.4. The Morgan fingerprint density at radius 1 is 0.875 bits per heavy atom. The second-order valence-corrected chi connectivity index (χ2v) is 13.2. The Hall–Kier alpha value is -3.76. The molecule has 0 aliphatic rings. The lowest BCUT2D eigenvalue weighted by Crippen LogP contribution is -2.38. The second-order valence-electron chi connectivity index (χ2n) is 11.2. The lowest BCUT2D eigenvalue weighted by atomic mass is 9.87. The highest BCUT2D eigenvalue weighted by Gasteiger charge is 2.27. The van der Waals surface area contributed by atoms with Crippen molar-refractivity contribution in [3.8, 4) is 0 Å². The number of carbonyl (C=O) groups excluding carboxylic acids is 1. The second kappa shape index (κ2) is 12.6. The van der Waals surface area contributed by atoms with Crippen LogP contribution in [0.3, 0.4) is 0 Å². The Kier molecular flexibility index (Phi) is 9.70. The van der Waals surface area contributed by atoms with E-state index in [1.807, 2.05) is 24.3 Å². The number of nitrogens with one attached hydrogen (secondary N) is 1. The van der Waals surface area contributed by atoms with E-state index in [0.717, 1.165) is 11.1 Å². The van der Waals surface area contributed by atoms with Gasteiger partial charge < -0.3 is 15.2 Å². The van der Waals surface area contributed by atoms with Crippen molar-refractivity contribution in [2.24, 2.45) is 0 Å². The summed E-state index contributed by atoms with van der Waals surface area (Å²) in [7, 11) is -3.85. The molecule has 0 bridgehead atoms. The molecule has 0 aliphatic carbocycles. The van der Waals surface area contributed by atoms with E-state index in [0.29, 0.717) is 11.4 Å². The molecule has 3 rings (SSSR count). The summed E-state index contributed by atoms with van der Waals surface area (Å²) in [6, 6.07) is 21.6. The molecule has 0 saturated carbocycles. The molecule has 2 N–H and O–H groups in total. The highest BCUT2D eigenvalue weighted by molar-refractivity contribution is 7.89. The van der Waals surface area contributed by atoms with Gasteiger partial charge in [0, 0.05) is 18.7 Å². The predicted octanol–water partition coefficient (Wildman–Crippen LogP) is 4.90. The number of hydrogen-bond donors (Lipinski definition) is 2. The first-order valence-electron chi connectivity index (χ1n) is 12.9. The van der Waals surface area contributed by atoms with Gasteiger partial charge in [-0.3, -0.25) is 9.78 Å². The van der Waals surface area contributed by atoms with Gasteiger partial charge in [-0.15, -0.1) is 0 Å². The Morgan fingerprint density at radius 3 is 2.10 bits per heavy atom. The summed E-state index contributed by atoms with van der Waals surface area (Å²) in [4.78, 5) is 27.5. The van der Waals surface area contributed by atoms with Gasteiger partial charge in [-0.1, -0.05) is 69.3 Å². The molecule has 3 aromatic rings. The molecule has 1 heterocycles. The number of aliphatic carboxylic acids is 1. The van der Waals surface area contributed by atoms with Crippen LogP contribution < -0.4 is 5.32 Å². The van der Waals surface area contributed by atoms with Gasteiger partial charge in [0.2, 0.25) is 10.0 Å². The summed E-state index contributed by atoms with van der Waals surface area (Å²) in [5.74, 6) is -1.18. The topological polar surface area (TPSA) is 126 Å². The third-order valence-electron chi connectivity index (χ3n) is 6.12. The molecule has 0 fully saturated rings. The first-order chi connectivity index (χ1) is 18.7. The summed E-state index contributed by atoms with van der Waals surface area (Å²) in [5.41, 5.74) is 2.14. The van der Waals surface area contributed by atoms with Crippen molar-refractivity contribution in [2.45, 2.75) is 70.0 Å². The molecule has 10 heteroatoms. The maximum absolute atomic E-state index is 13.7.